The number of nitrogens with zero attached hydrogens (tertiary/aromatic N) is 4. The molecule has 7 nitrogen and oxygen atoms in total. The standard InChI is InChI=1S/C12H20N4O3/c1-8(17)16-6-5-9-11(13-14-15(9)2)12(19-4)10(7-16)18-3/h10,12H,5-7H2,1-4H3. The van der Waals surface area contributed by atoms with Crippen LogP contribution in [0.15, 0.2) is 0 Å². The van der Waals surface area contributed by atoms with E-state index in [1.54, 1.807) is 30.7 Å². The lowest BCUT2D eigenvalue weighted by atomic mass is 10.0. The highest BCUT2D eigenvalue weighted by molar-refractivity contribution is 5.73. The van der Waals surface area contributed by atoms with Gasteiger partial charge in [0.25, 0.3) is 0 Å². The Morgan fingerprint density at radius 2 is 2.11 bits per heavy atom. The molecule has 0 fully saturated rings. The van der Waals surface area contributed by atoms with Gasteiger partial charge in [-0.15, -0.1) is 5.10 Å². The van der Waals surface area contributed by atoms with E-state index in [9.17, 15) is 4.79 Å². The number of fused-ring (bicyclic) bond motifs is 1. The number of ether oxygens (including phenoxy) is 2. The molecule has 2 unspecified atom stereocenters. The highest BCUT2D eigenvalue weighted by atomic mass is 16.5. The minimum Gasteiger partial charge on any atom is -0.376 e. The number of aromatic nitrogens is 3. The van der Waals surface area contributed by atoms with Gasteiger partial charge in [0.15, 0.2) is 0 Å². The van der Waals surface area contributed by atoms with Crippen molar-refractivity contribution in [2.45, 2.75) is 25.6 Å². The summed E-state index contributed by atoms with van der Waals surface area (Å²) >= 11 is 0. The van der Waals surface area contributed by atoms with Crippen LogP contribution in [0, 0.1) is 0 Å². The van der Waals surface area contributed by atoms with Crippen molar-refractivity contribution >= 4 is 5.91 Å². The molecule has 0 spiro atoms. The molecule has 0 aromatic carbocycles. The smallest absolute Gasteiger partial charge is 0.219 e. The van der Waals surface area contributed by atoms with Crippen LogP contribution < -0.4 is 0 Å². The lowest BCUT2D eigenvalue weighted by Crippen LogP contribution is -2.43. The molecule has 2 rings (SSSR count). The van der Waals surface area contributed by atoms with Crippen LogP contribution in [0.5, 0.6) is 0 Å². The summed E-state index contributed by atoms with van der Waals surface area (Å²) in [5, 5.41) is 8.23. The summed E-state index contributed by atoms with van der Waals surface area (Å²) in [4.78, 5) is 13.4. The maximum Gasteiger partial charge on any atom is 0.219 e. The summed E-state index contributed by atoms with van der Waals surface area (Å²) < 4.78 is 12.7. The molecule has 0 radical (unpaired) electrons. The van der Waals surface area contributed by atoms with Crippen LogP contribution in [0.1, 0.15) is 24.4 Å². The summed E-state index contributed by atoms with van der Waals surface area (Å²) in [6.07, 6.45) is 0.162. The number of hydrogen-bond donors (Lipinski definition) is 0. The number of amides is 1. The Bertz CT molecular complexity index is 460. The monoisotopic (exact) mass is 268 g/mol. The Labute approximate surface area is 112 Å². The topological polar surface area (TPSA) is 69.5 Å². The second-order valence-corrected chi connectivity index (χ2v) is 4.69. The fourth-order valence-electron chi connectivity index (χ4n) is 2.47. The van der Waals surface area contributed by atoms with E-state index in [1.165, 1.54) is 0 Å². The molecule has 1 aromatic rings. The molecule has 2 atom stereocenters. The molecule has 106 valence electrons. The molecule has 2 heterocycles. The zero-order valence-corrected chi connectivity index (χ0v) is 11.8. The van der Waals surface area contributed by atoms with Gasteiger partial charge in [-0.25, -0.2) is 0 Å². The van der Waals surface area contributed by atoms with Crippen molar-refractivity contribution in [1.29, 1.82) is 0 Å². The predicted octanol–water partition coefficient (Wildman–Crippen LogP) is -0.0778. The minimum atomic E-state index is -0.309. The molecule has 0 aliphatic carbocycles. The van der Waals surface area contributed by atoms with Gasteiger partial charge in [0, 0.05) is 47.7 Å². The first-order valence-electron chi connectivity index (χ1n) is 6.28. The van der Waals surface area contributed by atoms with Crippen molar-refractivity contribution in [2.24, 2.45) is 7.05 Å². The second-order valence-electron chi connectivity index (χ2n) is 4.69. The van der Waals surface area contributed by atoms with E-state index < -0.39 is 0 Å². The largest absolute Gasteiger partial charge is 0.376 e. The van der Waals surface area contributed by atoms with Gasteiger partial charge >= 0.3 is 0 Å². The molecule has 1 aliphatic rings. The van der Waals surface area contributed by atoms with Crippen LogP contribution in [-0.2, 0) is 27.7 Å². The van der Waals surface area contributed by atoms with Crippen molar-refractivity contribution in [3.63, 3.8) is 0 Å². The lowest BCUT2D eigenvalue weighted by molar-refractivity contribution is -0.133. The maximum absolute atomic E-state index is 11.6. The highest BCUT2D eigenvalue weighted by Gasteiger charge is 2.33. The fraction of sp³-hybridized carbons (Fsp3) is 0.750. The Hall–Kier alpha value is -1.47. The van der Waals surface area contributed by atoms with E-state index in [-0.39, 0.29) is 18.1 Å². The number of methoxy groups -OCH3 is 2. The van der Waals surface area contributed by atoms with Gasteiger partial charge in [-0.3, -0.25) is 9.48 Å². The van der Waals surface area contributed by atoms with Gasteiger partial charge in [0.1, 0.15) is 17.9 Å². The van der Waals surface area contributed by atoms with Gasteiger partial charge in [-0.1, -0.05) is 5.21 Å². The average molecular weight is 268 g/mol. The molecule has 0 N–H and O–H groups in total. The quantitative estimate of drug-likeness (QED) is 0.750. The van der Waals surface area contributed by atoms with Crippen LogP contribution >= 0.6 is 0 Å². The van der Waals surface area contributed by atoms with Gasteiger partial charge in [-0.05, 0) is 0 Å². The number of carbonyl (C=O) groups excluding carboxylic acids is 1. The van der Waals surface area contributed by atoms with Gasteiger partial charge < -0.3 is 14.4 Å². The molecular weight excluding hydrogens is 248 g/mol. The van der Waals surface area contributed by atoms with Crippen molar-refractivity contribution in [1.82, 2.24) is 19.9 Å². The number of hydrogen-bond acceptors (Lipinski definition) is 5. The zero-order valence-electron chi connectivity index (χ0n) is 11.8. The van der Waals surface area contributed by atoms with Crippen molar-refractivity contribution < 1.29 is 14.3 Å². The van der Waals surface area contributed by atoms with E-state index in [2.05, 4.69) is 10.3 Å². The highest BCUT2D eigenvalue weighted by Crippen LogP contribution is 2.27. The lowest BCUT2D eigenvalue weighted by Gasteiger charge is -2.32. The van der Waals surface area contributed by atoms with Crippen LogP contribution in [0.2, 0.25) is 0 Å². The molecular formula is C12H20N4O3. The molecule has 0 bridgehead atoms. The van der Waals surface area contributed by atoms with Gasteiger partial charge in [-0.2, -0.15) is 0 Å². The van der Waals surface area contributed by atoms with E-state index in [0.29, 0.717) is 19.5 Å². The second kappa shape index (κ2) is 5.66. The number of carbonyl (C=O) groups is 1. The first-order valence-corrected chi connectivity index (χ1v) is 6.28. The summed E-state index contributed by atoms with van der Waals surface area (Å²) in [5.74, 6) is 0.0375. The normalized spacial score (nSPS) is 23.7. The third-order valence-corrected chi connectivity index (χ3v) is 3.60. The van der Waals surface area contributed by atoms with Gasteiger partial charge in [0.05, 0.1) is 5.69 Å². The molecule has 1 amide bonds. The molecule has 1 aliphatic heterocycles. The Kier molecular flexibility index (Phi) is 4.16. The predicted molar refractivity (Wildman–Crippen MR) is 67.5 cm³/mol. The third-order valence-electron chi connectivity index (χ3n) is 3.60. The van der Waals surface area contributed by atoms with Crippen LogP contribution in [0.25, 0.3) is 0 Å². The van der Waals surface area contributed by atoms with Gasteiger partial charge in [0.2, 0.25) is 5.91 Å². The average Bonchev–Trinajstić information content (AvgIpc) is 2.70. The Morgan fingerprint density at radius 3 is 2.68 bits per heavy atom. The van der Waals surface area contributed by atoms with Crippen molar-refractivity contribution in [3.05, 3.63) is 11.4 Å². The third kappa shape index (κ3) is 2.62. The Morgan fingerprint density at radius 1 is 1.37 bits per heavy atom. The first-order chi connectivity index (χ1) is 9.08. The number of rotatable bonds is 2. The molecule has 7 heteroatoms. The van der Waals surface area contributed by atoms with Crippen LogP contribution in [0.3, 0.4) is 0 Å². The molecule has 0 saturated heterocycles. The van der Waals surface area contributed by atoms with Crippen LogP contribution in [-0.4, -0.2) is 59.2 Å². The molecule has 1 aromatic heterocycles. The minimum absolute atomic E-state index is 0.0375. The molecule has 19 heavy (non-hydrogen) atoms. The van der Waals surface area contributed by atoms with Crippen LogP contribution in [0.4, 0.5) is 0 Å². The van der Waals surface area contributed by atoms with E-state index in [4.69, 9.17) is 9.47 Å². The number of aryl methyl sites for hydroxylation is 1. The zero-order chi connectivity index (χ0) is 14.0. The summed E-state index contributed by atoms with van der Waals surface area (Å²) in [7, 11) is 5.08. The maximum atomic E-state index is 11.6. The van der Waals surface area contributed by atoms with Crippen molar-refractivity contribution in [3.8, 4) is 0 Å². The fourth-order valence-corrected chi connectivity index (χ4v) is 2.47. The van der Waals surface area contributed by atoms with E-state index >= 15 is 0 Å². The van der Waals surface area contributed by atoms with E-state index in [0.717, 1.165) is 11.4 Å². The Balaban J connectivity index is 2.39. The SMILES string of the molecule is COC1CN(C(C)=O)CCc2c(nnn2C)C1OC. The summed E-state index contributed by atoms with van der Waals surface area (Å²) in [6, 6.07) is 0. The molecule has 0 saturated carbocycles. The van der Waals surface area contributed by atoms with E-state index in [1.807, 2.05) is 7.05 Å². The summed E-state index contributed by atoms with van der Waals surface area (Å²) in [6.45, 7) is 2.71. The first kappa shape index (κ1) is 14.0. The summed E-state index contributed by atoms with van der Waals surface area (Å²) in [5.41, 5.74) is 1.79. The van der Waals surface area contributed by atoms with Crippen molar-refractivity contribution in [2.75, 3.05) is 27.3 Å².